The third-order valence-electron chi connectivity index (χ3n) is 3.84. The third kappa shape index (κ3) is 3.96. The molecule has 0 saturated heterocycles. The summed E-state index contributed by atoms with van der Waals surface area (Å²) in [5.74, 6) is 0. The predicted octanol–water partition coefficient (Wildman–Crippen LogP) is 5.12. The van der Waals surface area contributed by atoms with E-state index in [4.69, 9.17) is 4.98 Å². The first-order chi connectivity index (χ1) is 10.1. The molecule has 2 rings (SSSR count). The molecule has 0 bridgehead atoms. The van der Waals surface area contributed by atoms with Gasteiger partial charge >= 0.3 is 0 Å². The quantitative estimate of drug-likeness (QED) is 0.849. The molecule has 2 aromatic rings. The van der Waals surface area contributed by atoms with Gasteiger partial charge < -0.3 is 5.32 Å². The van der Waals surface area contributed by atoms with Gasteiger partial charge in [0.2, 0.25) is 0 Å². The molecule has 0 saturated carbocycles. The fourth-order valence-corrected chi connectivity index (χ4v) is 3.13. The molecule has 0 aliphatic heterocycles. The summed E-state index contributed by atoms with van der Waals surface area (Å²) in [5.41, 5.74) is 5.35. The second-order valence-corrected chi connectivity index (χ2v) is 8.90. The number of nitrogens with zero attached hydrogens (tertiary/aromatic N) is 1. The Labute approximate surface area is 139 Å². The fourth-order valence-electron chi connectivity index (χ4n) is 2.32. The van der Waals surface area contributed by atoms with E-state index in [0.717, 1.165) is 17.2 Å². The van der Waals surface area contributed by atoms with Crippen molar-refractivity contribution >= 4 is 11.3 Å². The molecule has 0 radical (unpaired) electrons. The van der Waals surface area contributed by atoms with Crippen molar-refractivity contribution in [3.63, 3.8) is 0 Å². The topological polar surface area (TPSA) is 24.9 Å². The van der Waals surface area contributed by atoms with Crippen LogP contribution in [0.25, 0.3) is 11.3 Å². The molecule has 1 aromatic heterocycles. The Bertz CT molecular complexity index is 610. The van der Waals surface area contributed by atoms with E-state index in [0.29, 0.717) is 0 Å². The average molecular weight is 317 g/mol. The Morgan fingerprint density at radius 3 is 1.95 bits per heavy atom. The first-order valence-electron chi connectivity index (χ1n) is 7.86. The first-order valence-corrected chi connectivity index (χ1v) is 8.74. The number of nitrogens with one attached hydrogen (secondary N) is 1. The van der Waals surface area contributed by atoms with Crippen LogP contribution in [0.2, 0.25) is 0 Å². The van der Waals surface area contributed by atoms with Gasteiger partial charge in [0.25, 0.3) is 0 Å². The van der Waals surface area contributed by atoms with Crippen LogP contribution in [0.1, 0.15) is 57.7 Å². The average Bonchev–Trinajstić information content (AvgIpc) is 2.85. The summed E-state index contributed by atoms with van der Waals surface area (Å²) < 4.78 is 0. The number of thiazole rings is 1. The molecule has 0 amide bonds. The second-order valence-electron chi connectivity index (χ2n) is 7.96. The molecule has 120 valence electrons. The van der Waals surface area contributed by atoms with Gasteiger partial charge in [-0.1, -0.05) is 47.6 Å². The Kier molecular flexibility index (Phi) is 4.78. The van der Waals surface area contributed by atoms with Crippen LogP contribution >= 0.6 is 11.3 Å². The van der Waals surface area contributed by atoms with Crippen LogP contribution in [0.15, 0.2) is 23.6 Å². The molecule has 1 aromatic carbocycles. The smallest absolute Gasteiger partial charge is 0.107 e. The number of hydrogen-bond acceptors (Lipinski definition) is 3. The van der Waals surface area contributed by atoms with E-state index < -0.39 is 0 Å². The maximum absolute atomic E-state index is 4.77. The molecule has 0 aliphatic carbocycles. The number of benzene rings is 1. The molecule has 1 heterocycles. The molecule has 2 nitrogen and oxygen atoms in total. The Balaban J connectivity index is 2.54. The van der Waals surface area contributed by atoms with Crippen LogP contribution < -0.4 is 5.32 Å². The van der Waals surface area contributed by atoms with Crippen molar-refractivity contribution in [1.82, 2.24) is 10.3 Å². The minimum absolute atomic E-state index is 0.139. The third-order valence-corrected chi connectivity index (χ3v) is 4.69. The lowest BCUT2D eigenvalue weighted by molar-refractivity contribution is 0.569. The van der Waals surface area contributed by atoms with E-state index >= 15 is 0 Å². The van der Waals surface area contributed by atoms with Gasteiger partial charge in [-0.15, -0.1) is 11.3 Å². The van der Waals surface area contributed by atoms with Crippen molar-refractivity contribution in [3.8, 4) is 11.3 Å². The van der Waals surface area contributed by atoms with Crippen LogP contribution in [0.3, 0.4) is 0 Å². The highest BCUT2D eigenvalue weighted by molar-refractivity contribution is 7.09. The summed E-state index contributed by atoms with van der Waals surface area (Å²) in [6.07, 6.45) is 0. The molecule has 0 unspecified atom stereocenters. The van der Waals surface area contributed by atoms with Gasteiger partial charge in [0.1, 0.15) is 5.01 Å². The van der Waals surface area contributed by atoms with Gasteiger partial charge in [-0.05, 0) is 41.1 Å². The first kappa shape index (κ1) is 17.2. The lowest BCUT2D eigenvalue weighted by Gasteiger charge is -2.26. The SMILES string of the molecule is CNCc1nc(-c2cc(C(C)(C)C)cc(C(C)(C)C)c2)cs1. The van der Waals surface area contributed by atoms with Gasteiger partial charge in [-0.25, -0.2) is 4.98 Å². The van der Waals surface area contributed by atoms with E-state index in [9.17, 15) is 0 Å². The molecule has 1 N–H and O–H groups in total. The van der Waals surface area contributed by atoms with Crippen molar-refractivity contribution in [2.24, 2.45) is 0 Å². The number of hydrogen-bond donors (Lipinski definition) is 1. The minimum atomic E-state index is 0.139. The van der Waals surface area contributed by atoms with Crippen molar-refractivity contribution < 1.29 is 0 Å². The number of aromatic nitrogens is 1. The normalized spacial score (nSPS) is 12.7. The zero-order valence-corrected chi connectivity index (χ0v) is 15.7. The maximum atomic E-state index is 4.77. The summed E-state index contributed by atoms with van der Waals surface area (Å²) in [7, 11) is 1.96. The lowest BCUT2D eigenvalue weighted by atomic mass is 9.79. The van der Waals surface area contributed by atoms with Gasteiger partial charge in [0, 0.05) is 17.5 Å². The molecule has 0 fully saturated rings. The summed E-state index contributed by atoms with van der Waals surface area (Å²) in [5, 5.41) is 6.47. The Morgan fingerprint density at radius 1 is 0.955 bits per heavy atom. The molecular formula is C19H28N2S. The zero-order chi connectivity index (χ0) is 16.5. The van der Waals surface area contributed by atoms with Gasteiger partial charge in [0.15, 0.2) is 0 Å². The molecular weight excluding hydrogens is 288 g/mol. The highest BCUT2D eigenvalue weighted by atomic mass is 32.1. The van der Waals surface area contributed by atoms with E-state index in [1.54, 1.807) is 11.3 Å². The maximum Gasteiger partial charge on any atom is 0.107 e. The van der Waals surface area contributed by atoms with Gasteiger partial charge in [0.05, 0.1) is 5.69 Å². The Hall–Kier alpha value is -1.19. The molecule has 0 atom stereocenters. The molecule has 3 heteroatoms. The lowest BCUT2D eigenvalue weighted by Crippen LogP contribution is -2.16. The highest BCUT2D eigenvalue weighted by Gasteiger charge is 2.21. The molecule has 0 spiro atoms. The van der Waals surface area contributed by atoms with Crippen LogP contribution in [0.5, 0.6) is 0 Å². The molecule has 0 aliphatic rings. The van der Waals surface area contributed by atoms with Gasteiger partial charge in [-0.3, -0.25) is 0 Å². The second kappa shape index (κ2) is 6.13. The summed E-state index contributed by atoms with van der Waals surface area (Å²) in [6, 6.07) is 6.95. The Morgan fingerprint density at radius 2 is 1.50 bits per heavy atom. The van der Waals surface area contributed by atoms with Crippen molar-refractivity contribution in [3.05, 3.63) is 39.7 Å². The molecule has 22 heavy (non-hydrogen) atoms. The largest absolute Gasteiger partial charge is 0.314 e. The van der Waals surface area contributed by atoms with E-state index in [2.05, 4.69) is 70.4 Å². The minimum Gasteiger partial charge on any atom is -0.314 e. The van der Waals surface area contributed by atoms with Crippen LogP contribution in [0.4, 0.5) is 0 Å². The zero-order valence-electron chi connectivity index (χ0n) is 14.9. The van der Waals surface area contributed by atoms with Crippen molar-refractivity contribution in [2.75, 3.05) is 7.05 Å². The standard InChI is InChI=1S/C19H28N2S/c1-18(2,3)14-8-13(9-15(10-14)19(4,5)6)16-12-22-17(21-16)11-20-7/h8-10,12,20H,11H2,1-7H3. The van der Waals surface area contributed by atoms with Crippen LogP contribution in [0, 0.1) is 0 Å². The van der Waals surface area contributed by atoms with Crippen LogP contribution in [-0.2, 0) is 17.4 Å². The number of rotatable bonds is 3. The summed E-state index contributed by atoms with van der Waals surface area (Å²) >= 11 is 1.72. The van der Waals surface area contributed by atoms with E-state index in [-0.39, 0.29) is 10.8 Å². The van der Waals surface area contributed by atoms with E-state index in [1.807, 2.05) is 7.05 Å². The predicted molar refractivity (Wildman–Crippen MR) is 97.7 cm³/mol. The van der Waals surface area contributed by atoms with Crippen LogP contribution in [-0.4, -0.2) is 12.0 Å². The fraction of sp³-hybridized carbons (Fsp3) is 0.526. The van der Waals surface area contributed by atoms with Crippen molar-refractivity contribution in [2.45, 2.75) is 58.9 Å². The summed E-state index contributed by atoms with van der Waals surface area (Å²) in [6.45, 7) is 14.4. The highest BCUT2D eigenvalue weighted by Crippen LogP contribution is 2.34. The monoisotopic (exact) mass is 316 g/mol. The van der Waals surface area contributed by atoms with E-state index in [1.165, 1.54) is 16.7 Å². The van der Waals surface area contributed by atoms with Crippen molar-refractivity contribution in [1.29, 1.82) is 0 Å². The van der Waals surface area contributed by atoms with Gasteiger partial charge in [-0.2, -0.15) is 0 Å². The summed E-state index contributed by atoms with van der Waals surface area (Å²) in [4.78, 5) is 4.77.